The van der Waals surface area contributed by atoms with Gasteiger partial charge in [-0.2, -0.15) is 0 Å². The molecule has 130 valence electrons. The molecule has 0 saturated carbocycles. The molecule has 0 amide bonds. The molecular weight excluding hydrogens is 308 g/mol. The van der Waals surface area contributed by atoms with Gasteiger partial charge in [-0.1, -0.05) is 36.4 Å². The number of ketones is 1. The van der Waals surface area contributed by atoms with E-state index in [-0.39, 0.29) is 0 Å². The van der Waals surface area contributed by atoms with E-state index in [0.717, 1.165) is 26.1 Å². The lowest BCUT2D eigenvalue weighted by Gasteiger charge is -2.39. The summed E-state index contributed by atoms with van der Waals surface area (Å²) < 4.78 is 0. The number of hydrogen-bond donors (Lipinski definition) is 0. The maximum absolute atomic E-state index is 11.2. The van der Waals surface area contributed by atoms with E-state index >= 15 is 0 Å². The first-order chi connectivity index (χ1) is 12.2. The van der Waals surface area contributed by atoms with Gasteiger partial charge in [-0.15, -0.1) is 0 Å². The molecule has 1 saturated heterocycles. The minimum absolute atomic E-state index is 0.302. The predicted molar refractivity (Wildman–Crippen MR) is 103 cm³/mol. The van der Waals surface area contributed by atoms with E-state index < -0.39 is 0 Å². The molecule has 0 radical (unpaired) electrons. The molecule has 3 nitrogen and oxygen atoms in total. The van der Waals surface area contributed by atoms with Crippen molar-refractivity contribution in [2.75, 3.05) is 24.5 Å². The van der Waals surface area contributed by atoms with Crippen molar-refractivity contribution in [1.82, 2.24) is 4.90 Å². The van der Waals surface area contributed by atoms with Crippen LogP contribution in [0.3, 0.4) is 0 Å². The van der Waals surface area contributed by atoms with E-state index in [1.54, 1.807) is 6.92 Å². The second kappa shape index (κ2) is 7.01. The molecule has 0 spiro atoms. The van der Waals surface area contributed by atoms with Crippen molar-refractivity contribution in [2.24, 2.45) is 0 Å². The molecule has 3 heteroatoms. The number of Topliss-reactive ketones (excluding diaryl/α,β-unsaturated/α-hetero) is 1. The number of rotatable bonds is 5. The average Bonchev–Trinajstić information content (AvgIpc) is 2.96. The number of carbonyl (C=O) groups excluding carboxylic acids is 1. The first-order valence-corrected chi connectivity index (χ1v) is 9.39. The van der Waals surface area contributed by atoms with E-state index in [9.17, 15) is 4.79 Å². The van der Waals surface area contributed by atoms with Crippen molar-refractivity contribution in [2.45, 2.75) is 38.1 Å². The number of piperidine rings is 1. The Labute approximate surface area is 150 Å². The van der Waals surface area contributed by atoms with Gasteiger partial charge in [-0.25, -0.2) is 0 Å². The van der Waals surface area contributed by atoms with Crippen LogP contribution in [0, 0.1) is 0 Å². The van der Waals surface area contributed by atoms with Crippen molar-refractivity contribution >= 4 is 17.2 Å². The Kier molecular flexibility index (Phi) is 4.58. The van der Waals surface area contributed by atoms with Crippen LogP contribution in [0.1, 0.15) is 37.7 Å². The fraction of sp³-hybridized carbons (Fsp3) is 0.409. The topological polar surface area (TPSA) is 23.6 Å². The van der Waals surface area contributed by atoms with Crippen LogP contribution in [-0.2, 0) is 4.79 Å². The van der Waals surface area contributed by atoms with E-state index in [4.69, 9.17) is 0 Å². The summed E-state index contributed by atoms with van der Waals surface area (Å²) in [5.74, 6) is 0.860. The third kappa shape index (κ3) is 3.21. The van der Waals surface area contributed by atoms with Gasteiger partial charge in [-0.3, -0.25) is 0 Å². The normalized spacial score (nSPS) is 22.5. The molecule has 0 aliphatic carbocycles. The number of fused-ring (bicyclic) bond motifs is 3. The van der Waals surface area contributed by atoms with Crippen molar-refractivity contribution in [3.8, 4) is 0 Å². The summed E-state index contributed by atoms with van der Waals surface area (Å²) in [5, 5.41) is 0. The molecule has 2 aromatic rings. The minimum atomic E-state index is 0.302. The number of likely N-dealkylation sites (tertiary alicyclic amines) is 1. The molecule has 2 aliphatic rings. The van der Waals surface area contributed by atoms with Gasteiger partial charge >= 0.3 is 0 Å². The summed E-state index contributed by atoms with van der Waals surface area (Å²) in [5.41, 5.74) is 4.15. The van der Waals surface area contributed by atoms with Crippen LogP contribution in [0.25, 0.3) is 0 Å². The standard InChI is InChI=1S/C22H26N2O/c1-17(25)8-7-14-23-15-13-22-20(16-23)19-11-5-6-12-21(19)24(22)18-9-3-2-4-10-18/h2-6,9-12,20,22H,7-8,13-16H2,1H3/t20-,22+/m0/s1. The number of benzene rings is 2. The van der Waals surface area contributed by atoms with Crippen LogP contribution in [0.5, 0.6) is 0 Å². The Hall–Kier alpha value is -2.13. The second-order valence-corrected chi connectivity index (χ2v) is 7.33. The van der Waals surface area contributed by atoms with E-state index in [1.165, 1.54) is 23.4 Å². The fourth-order valence-corrected chi connectivity index (χ4v) is 4.49. The van der Waals surface area contributed by atoms with Crippen molar-refractivity contribution in [3.05, 3.63) is 60.2 Å². The summed E-state index contributed by atoms with van der Waals surface area (Å²) in [4.78, 5) is 16.3. The summed E-state index contributed by atoms with van der Waals surface area (Å²) in [6.07, 6.45) is 2.86. The van der Waals surface area contributed by atoms with Crippen LogP contribution in [0.2, 0.25) is 0 Å². The number of carbonyl (C=O) groups is 1. The van der Waals surface area contributed by atoms with E-state index in [0.29, 0.717) is 24.2 Å². The fourth-order valence-electron chi connectivity index (χ4n) is 4.49. The first-order valence-electron chi connectivity index (χ1n) is 9.39. The maximum Gasteiger partial charge on any atom is 0.129 e. The Morgan fingerprint density at radius 1 is 1.08 bits per heavy atom. The van der Waals surface area contributed by atoms with Gasteiger partial charge in [0.2, 0.25) is 0 Å². The van der Waals surface area contributed by atoms with Gasteiger partial charge in [0.1, 0.15) is 5.78 Å². The number of anilines is 2. The lowest BCUT2D eigenvalue weighted by atomic mass is 9.89. The van der Waals surface area contributed by atoms with Crippen molar-refractivity contribution in [3.63, 3.8) is 0 Å². The highest BCUT2D eigenvalue weighted by molar-refractivity contribution is 5.75. The summed E-state index contributed by atoms with van der Waals surface area (Å²) in [6, 6.07) is 20.2. The van der Waals surface area contributed by atoms with E-state index in [2.05, 4.69) is 64.4 Å². The highest BCUT2D eigenvalue weighted by atomic mass is 16.1. The van der Waals surface area contributed by atoms with Gasteiger partial charge in [-0.05, 0) is 50.1 Å². The second-order valence-electron chi connectivity index (χ2n) is 7.33. The zero-order chi connectivity index (χ0) is 17.2. The highest BCUT2D eigenvalue weighted by Gasteiger charge is 2.42. The highest BCUT2D eigenvalue weighted by Crippen LogP contribution is 2.48. The van der Waals surface area contributed by atoms with Crippen LogP contribution in [0.15, 0.2) is 54.6 Å². The molecule has 0 aromatic heterocycles. The summed E-state index contributed by atoms with van der Waals surface area (Å²) >= 11 is 0. The molecule has 2 aliphatic heterocycles. The zero-order valence-corrected chi connectivity index (χ0v) is 14.9. The van der Waals surface area contributed by atoms with Crippen LogP contribution in [0.4, 0.5) is 11.4 Å². The SMILES string of the molecule is CC(=O)CCCN1CC[C@@H]2[C@@H](C1)c1ccccc1N2c1ccccc1. The number of hydrogen-bond acceptors (Lipinski definition) is 3. The van der Waals surface area contributed by atoms with Gasteiger partial charge in [0.05, 0.1) is 0 Å². The Morgan fingerprint density at radius 3 is 2.64 bits per heavy atom. The van der Waals surface area contributed by atoms with Gasteiger partial charge in [0.25, 0.3) is 0 Å². The van der Waals surface area contributed by atoms with Crippen LogP contribution >= 0.6 is 0 Å². The predicted octanol–water partition coefficient (Wildman–Crippen LogP) is 4.37. The summed E-state index contributed by atoms with van der Waals surface area (Å²) in [7, 11) is 0. The van der Waals surface area contributed by atoms with Crippen LogP contribution in [-0.4, -0.2) is 36.4 Å². The monoisotopic (exact) mass is 334 g/mol. The van der Waals surface area contributed by atoms with Gasteiger partial charge in [0.15, 0.2) is 0 Å². The largest absolute Gasteiger partial charge is 0.337 e. The molecule has 1 fully saturated rings. The Morgan fingerprint density at radius 2 is 1.84 bits per heavy atom. The average molecular weight is 334 g/mol. The third-order valence-electron chi connectivity index (χ3n) is 5.63. The molecule has 4 rings (SSSR count). The van der Waals surface area contributed by atoms with E-state index in [1.807, 2.05) is 0 Å². The lowest BCUT2D eigenvalue weighted by Crippen LogP contribution is -2.45. The first kappa shape index (κ1) is 16.3. The number of para-hydroxylation sites is 2. The Balaban J connectivity index is 1.56. The van der Waals surface area contributed by atoms with Crippen LogP contribution < -0.4 is 4.90 Å². The molecule has 2 atom stereocenters. The number of nitrogens with zero attached hydrogens (tertiary/aromatic N) is 2. The van der Waals surface area contributed by atoms with Crippen molar-refractivity contribution < 1.29 is 4.79 Å². The Bertz CT molecular complexity index is 743. The zero-order valence-electron chi connectivity index (χ0n) is 14.9. The molecule has 2 heterocycles. The molecule has 0 unspecified atom stereocenters. The van der Waals surface area contributed by atoms with Gasteiger partial charge < -0.3 is 14.6 Å². The lowest BCUT2D eigenvalue weighted by molar-refractivity contribution is -0.117. The molecule has 0 bridgehead atoms. The quantitative estimate of drug-likeness (QED) is 0.811. The summed E-state index contributed by atoms with van der Waals surface area (Å²) in [6.45, 7) is 4.95. The molecule has 25 heavy (non-hydrogen) atoms. The third-order valence-corrected chi connectivity index (χ3v) is 5.63. The molecule has 0 N–H and O–H groups in total. The van der Waals surface area contributed by atoms with Gasteiger partial charge in [0, 0.05) is 42.8 Å². The molecular formula is C22H26N2O. The van der Waals surface area contributed by atoms with Crippen molar-refractivity contribution in [1.29, 1.82) is 0 Å². The molecule has 2 aromatic carbocycles. The minimum Gasteiger partial charge on any atom is -0.337 e. The maximum atomic E-state index is 11.2. The smallest absolute Gasteiger partial charge is 0.129 e.